The summed E-state index contributed by atoms with van der Waals surface area (Å²) in [5.74, 6) is -0.00823. The van der Waals surface area contributed by atoms with Gasteiger partial charge in [0.05, 0.1) is 6.04 Å². The van der Waals surface area contributed by atoms with E-state index in [1.54, 1.807) is 12.1 Å². The van der Waals surface area contributed by atoms with E-state index in [4.69, 9.17) is 0 Å². The molecule has 9 heteroatoms. The molecule has 4 aromatic rings. The first-order valence-corrected chi connectivity index (χ1v) is 10.8. The zero-order valence-corrected chi connectivity index (χ0v) is 18.1. The van der Waals surface area contributed by atoms with E-state index in [1.807, 2.05) is 22.7 Å². The SMILES string of the molecule is CN(c1nc(-c2ccc(F)cc2)c(C#N)s1)c1c2cc(Br)cc(F)c2nn1C1CC1. The van der Waals surface area contributed by atoms with Gasteiger partial charge in [0.15, 0.2) is 10.9 Å². The van der Waals surface area contributed by atoms with Gasteiger partial charge in [-0.1, -0.05) is 27.3 Å². The van der Waals surface area contributed by atoms with Crippen molar-refractivity contribution >= 4 is 49.1 Å². The number of thiazole rings is 1. The molecule has 5 rings (SSSR count). The van der Waals surface area contributed by atoms with E-state index in [0.29, 0.717) is 36.6 Å². The summed E-state index contributed by atoms with van der Waals surface area (Å²) in [7, 11) is 1.84. The maximum atomic E-state index is 14.6. The molecule has 1 saturated carbocycles. The number of hydrogen-bond donors (Lipinski definition) is 0. The van der Waals surface area contributed by atoms with Crippen molar-refractivity contribution in [1.82, 2.24) is 14.8 Å². The number of hydrogen-bond acceptors (Lipinski definition) is 5. The Hall–Kier alpha value is -2.83. The summed E-state index contributed by atoms with van der Waals surface area (Å²) in [6.07, 6.45) is 1.97. The third-order valence-electron chi connectivity index (χ3n) is 5.03. The fourth-order valence-electron chi connectivity index (χ4n) is 3.45. The van der Waals surface area contributed by atoms with Gasteiger partial charge in [-0.05, 0) is 49.2 Å². The molecule has 150 valence electrons. The van der Waals surface area contributed by atoms with E-state index < -0.39 is 5.82 Å². The average Bonchev–Trinajstić information content (AvgIpc) is 3.36. The smallest absolute Gasteiger partial charge is 0.192 e. The molecule has 2 aromatic carbocycles. The van der Waals surface area contributed by atoms with Crippen LogP contribution in [0.3, 0.4) is 0 Å². The first-order valence-electron chi connectivity index (χ1n) is 9.24. The molecule has 0 atom stereocenters. The lowest BCUT2D eigenvalue weighted by Gasteiger charge is -2.18. The lowest BCUT2D eigenvalue weighted by Crippen LogP contribution is -2.15. The van der Waals surface area contributed by atoms with Crippen molar-refractivity contribution in [2.75, 3.05) is 11.9 Å². The van der Waals surface area contributed by atoms with Crippen LogP contribution >= 0.6 is 27.3 Å². The van der Waals surface area contributed by atoms with Gasteiger partial charge in [-0.2, -0.15) is 10.4 Å². The molecule has 2 heterocycles. The lowest BCUT2D eigenvalue weighted by molar-refractivity contribution is 0.617. The lowest BCUT2D eigenvalue weighted by atomic mass is 10.1. The summed E-state index contributed by atoms with van der Waals surface area (Å²) in [5, 5.41) is 15.4. The van der Waals surface area contributed by atoms with E-state index in [0.717, 1.165) is 18.7 Å². The highest BCUT2D eigenvalue weighted by molar-refractivity contribution is 9.10. The van der Waals surface area contributed by atoms with Crippen LogP contribution in [0.15, 0.2) is 40.9 Å². The minimum Gasteiger partial charge on any atom is -0.305 e. The standard InChI is InChI=1S/C21H14BrF2N5S/c1-28(21-26-18(17(10-25)30-21)11-2-4-13(23)5-3-11)20-15-8-12(22)9-16(24)19(15)27-29(20)14-6-7-14/h2-5,8-9,14H,6-7H2,1H3. The van der Waals surface area contributed by atoms with Gasteiger partial charge in [0.25, 0.3) is 0 Å². The Bertz CT molecular complexity index is 1320. The molecule has 0 N–H and O–H groups in total. The molecule has 1 aliphatic carbocycles. The summed E-state index contributed by atoms with van der Waals surface area (Å²) in [4.78, 5) is 6.94. The molecule has 2 aromatic heterocycles. The monoisotopic (exact) mass is 485 g/mol. The molecule has 0 spiro atoms. The molecule has 0 bridgehead atoms. The number of nitriles is 1. The van der Waals surface area contributed by atoms with E-state index >= 15 is 0 Å². The summed E-state index contributed by atoms with van der Waals surface area (Å²) in [5.41, 5.74) is 1.47. The van der Waals surface area contributed by atoms with Gasteiger partial charge < -0.3 is 4.90 Å². The molecule has 0 aliphatic heterocycles. The van der Waals surface area contributed by atoms with Gasteiger partial charge in [-0.3, -0.25) is 0 Å². The van der Waals surface area contributed by atoms with Crippen molar-refractivity contribution in [1.29, 1.82) is 5.26 Å². The molecular formula is C21H14BrF2N5S. The fourth-order valence-corrected chi connectivity index (χ4v) is 4.73. The number of benzene rings is 2. The van der Waals surface area contributed by atoms with Crippen molar-refractivity contribution in [3.63, 3.8) is 0 Å². The highest BCUT2D eigenvalue weighted by atomic mass is 79.9. The van der Waals surface area contributed by atoms with Crippen LogP contribution in [0.5, 0.6) is 0 Å². The number of fused-ring (bicyclic) bond motifs is 1. The van der Waals surface area contributed by atoms with Crippen LogP contribution in [0.1, 0.15) is 23.8 Å². The van der Waals surface area contributed by atoms with Crippen LogP contribution < -0.4 is 4.90 Å². The van der Waals surface area contributed by atoms with Gasteiger partial charge in [-0.15, -0.1) is 0 Å². The minimum absolute atomic E-state index is 0.222. The Morgan fingerprint density at radius 3 is 2.63 bits per heavy atom. The van der Waals surface area contributed by atoms with Crippen molar-refractivity contribution in [3.05, 3.63) is 57.4 Å². The van der Waals surface area contributed by atoms with Crippen molar-refractivity contribution in [2.24, 2.45) is 0 Å². The Morgan fingerprint density at radius 1 is 1.23 bits per heavy atom. The molecule has 0 radical (unpaired) electrons. The summed E-state index contributed by atoms with van der Waals surface area (Å²) >= 11 is 4.60. The first-order chi connectivity index (χ1) is 14.5. The second kappa shape index (κ2) is 7.15. The number of aromatic nitrogens is 3. The molecule has 1 aliphatic rings. The predicted molar refractivity (Wildman–Crippen MR) is 116 cm³/mol. The Balaban J connectivity index is 1.66. The van der Waals surface area contributed by atoms with Crippen LogP contribution in [0.25, 0.3) is 22.2 Å². The molecule has 1 fully saturated rings. The number of halogens is 3. The highest BCUT2D eigenvalue weighted by Gasteiger charge is 2.32. The Kier molecular flexibility index (Phi) is 4.56. The third kappa shape index (κ3) is 3.16. The van der Waals surface area contributed by atoms with Gasteiger partial charge in [0.2, 0.25) is 0 Å². The van der Waals surface area contributed by atoms with E-state index in [1.165, 1.54) is 29.5 Å². The number of rotatable bonds is 4. The van der Waals surface area contributed by atoms with Crippen LogP contribution in [0.2, 0.25) is 0 Å². The Labute approximate surface area is 183 Å². The maximum Gasteiger partial charge on any atom is 0.192 e. The molecule has 30 heavy (non-hydrogen) atoms. The summed E-state index contributed by atoms with van der Waals surface area (Å²) in [6, 6.07) is 11.5. The molecule has 0 saturated heterocycles. The largest absolute Gasteiger partial charge is 0.305 e. The second-order valence-corrected chi connectivity index (χ2v) is 9.03. The summed E-state index contributed by atoms with van der Waals surface area (Å²) in [6.45, 7) is 0. The normalized spacial score (nSPS) is 13.6. The van der Waals surface area contributed by atoms with Crippen LogP contribution in [-0.2, 0) is 0 Å². The third-order valence-corrected chi connectivity index (χ3v) is 6.52. The second-order valence-electron chi connectivity index (χ2n) is 7.14. The van der Waals surface area contributed by atoms with Crippen molar-refractivity contribution in [3.8, 4) is 17.3 Å². The Morgan fingerprint density at radius 2 is 1.97 bits per heavy atom. The van der Waals surface area contributed by atoms with Crippen LogP contribution in [-0.4, -0.2) is 21.8 Å². The molecular weight excluding hydrogens is 472 g/mol. The number of anilines is 2. The maximum absolute atomic E-state index is 14.6. The molecule has 0 unspecified atom stereocenters. The zero-order chi connectivity index (χ0) is 21.0. The van der Waals surface area contributed by atoms with Crippen LogP contribution in [0.4, 0.5) is 19.7 Å². The minimum atomic E-state index is -0.391. The molecule has 0 amide bonds. The van der Waals surface area contributed by atoms with Crippen molar-refractivity contribution in [2.45, 2.75) is 18.9 Å². The van der Waals surface area contributed by atoms with Crippen LogP contribution in [0, 0.1) is 23.0 Å². The van der Waals surface area contributed by atoms with Gasteiger partial charge >= 0.3 is 0 Å². The fraction of sp³-hybridized carbons (Fsp3) is 0.190. The zero-order valence-electron chi connectivity index (χ0n) is 15.7. The molecule has 5 nitrogen and oxygen atoms in total. The topological polar surface area (TPSA) is 57.7 Å². The summed E-state index contributed by atoms with van der Waals surface area (Å²) < 4.78 is 30.3. The van der Waals surface area contributed by atoms with Crippen molar-refractivity contribution < 1.29 is 8.78 Å². The average molecular weight is 486 g/mol. The van der Waals surface area contributed by atoms with E-state index in [2.05, 4.69) is 32.1 Å². The first kappa shape index (κ1) is 19.2. The predicted octanol–water partition coefficient (Wildman–Crippen LogP) is 6.17. The highest BCUT2D eigenvalue weighted by Crippen LogP contribution is 2.44. The van der Waals surface area contributed by atoms with Gasteiger partial charge in [-0.25, -0.2) is 18.4 Å². The van der Waals surface area contributed by atoms with Gasteiger partial charge in [0.1, 0.15) is 33.8 Å². The van der Waals surface area contributed by atoms with E-state index in [-0.39, 0.29) is 11.9 Å². The quantitative estimate of drug-likeness (QED) is 0.346. The number of nitrogens with zero attached hydrogens (tertiary/aromatic N) is 5. The van der Waals surface area contributed by atoms with E-state index in [9.17, 15) is 14.0 Å². The van der Waals surface area contributed by atoms with Gasteiger partial charge in [0, 0.05) is 22.5 Å².